The van der Waals surface area contributed by atoms with E-state index in [2.05, 4.69) is 6.92 Å². The number of carbonyl (C=O) groups is 2. The fourth-order valence-corrected chi connectivity index (χ4v) is 6.09. The van der Waals surface area contributed by atoms with Gasteiger partial charge in [-0.15, -0.1) is 0 Å². The van der Waals surface area contributed by atoms with Gasteiger partial charge in [-0.1, -0.05) is 77.6 Å². The standard InChI is InChI=1S/C36H55F17NO8P/c1-5-6-7-8-9-10-11-12-13-14-16-20-28(56)62-26(25-61-63(57,58)60-23-22-54(2,3)4)24-59-27(55)19-17-15-18-21-29(37,38)30(39,40)31(41,42)32(43,44)33(45,46)34(47,48)35(49,50)36(51,52)53/h26H,5-25H2,1-4H3/p+1/t26-/m1/s1. The summed E-state index contributed by atoms with van der Waals surface area (Å²) in [5, 5.41) is 0. The zero-order valence-electron chi connectivity index (χ0n) is 35.1. The maximum absolute atomic E-state index is 14.2. The first kappa shape index (κ1) is 60.8. The Kier molecular flexibility index (Phi) is 23.7. The van der Waals surface area contributed by atoms with Gasteiger partial charge >= 0.3 is 67.4 Å². The van der Waals surface area contributed by atoms with Gasteiger partial charge in [-0.05, 0) is 19.3 Å². The van der Waals surface area contributed by atoms with Crippen molar-refractivity contribution >= 4 is 19.8 Å². The molecule has 1 unspecified atom stereocenters. The van der Waals surface area contributed by atoms with Gasteiger partial charge in [0.1, 0.15) is 19.8 Å². The number of carbonyl (C=O) groups excluding carboxylic acids is 2. The van der Waals surface area contributed by atoms with Gasteiger partial charge in [0.2, 0.25) is 0 Å². The summed E-state index contributed by atoms with van der Waals surface area (Å²) in [7, 11) is 0.485. The number of ether oxygens (including phenoxy) is 2. The lowest BCUT2D eigenvalue weighted by Crippen LogP contribution is -2.74. The number of alkyl halides is 17. The molecule has 0 aliphatic rings. The summed E-state index contributed by atoms with van der Waals surface area (Å²) in [6.45, 7) is 0.401. The Morgan fingerprint density at radius 2 is 0.937 bits per heavy atom. The van der Waals surface area contributed by atoms with Crippen LogP contribution in [-0.2, 0) is 32.7 Å². The Morgan fingerprint density at radius 1 is 0.540 bits per heavy atom. The van der Waals surface area contributed by atoms with Crippen LogP contribution in [0.2, 0.25) is 0 Å². The number of likely N-dealkylation sites (N-methyl/N-ethyl adjacent to an activating group) is 1. The van der Waals surface area contributed by atoms with Crippen molar-refractivity contribution in [1.82, 2.24) is 0 Å². The summed E-state index contributed by atoms with van der Waals surface area (Å²) >= 11 is 0. The molecule has 376 valence electrons. The molecule has 27 heteroatoms. The van der Waals surface area contributed by atoms with E-state index < -0.39 is 119 Å². The van der Waals surface area contributed by atoms with Crippen LogP contribution in [0.1, 0.15) is 116 Å². The molecule has 0 rings (SSSR count). The van der Waals surface area contributed by atoms with Crippen LogP contribution in [-0.4, -0.2) is 123 Å². The first-order valence-corrected chi connectivity index (χ1v) is 21.4. The molecule has 2 atom stereocenters. The second kappa shape index (κ2) is 24.5. The highest BCUT2D eigenvalue weighted by Crippen LogP contribution is 2.64. The summed E-state index contributed by atoms with van der Waals surface area (Å²) < 4.78 is 262. The average Bonchev–Trinajstić information content (AvgIpc) is 3.13. The normalized spacial score (nSPS) is 15.6. The predicted octanol–water partition coefficient (Wildman–Crippen LogP) is 11.9. The van der Waals surface area contributed by atoms with Crippen molar-refractivity contribution < 1.29 is 117 Å². The van der Waals surface area contributed by atoms with Gasteiger partial charge in [0.25, 0.3) is 0 Å². The minimum Gasteiger partial charge on any atom is -0.462 e. The smallest absolute Gasteiger partial charge is 0.462 e. The molecule has 0 bridgehead atoms. The Hall–Kier alpha value is -2.18. The Morgan fingerprint density at radius 3 is 1.38 bits per heavy atom. The average molecular weight is 985 g/mol. The number of nitrogens with zero attached hydrogens (tertiary/aromatic N) is 1. The van der Waals surface area contributed by atoms with Crippen molar-refractivity contribution in [3.05, 3.63) is 0 Å². The first-order valence-electron chi connectivity index (χ1n) is 19.9. The molecule has 0 aromatic carbocycles. The highest BCUT2D eigenvalue weighted by Gasteiger charge is 2.95. The fourth-order valence-electron chi connectivity index (χ4n) is 5.34. The molecule has 0 spiro atoms. The number of hydrogen-bond acceptors (Lipinski definition) is 7. The van der Waals surface area contributed by atoms with E-state index in [-0.39, 0.29) is 19.6 Å². The van der Waals surface area contributed by atoms with Gasteiger partial charge in [-0.3, -0.25) is 18.6 Å². The third-order valence-electron chi connectivity index (χ3n) is 9.31. The van der Waals surface area contributed by atoms with Crippen molar-refractivity contribution in [3.63, 3.8) is 0 Å². The molecule has 1 N–H and O–H groups in total. The molecule has 0 aromatic heterocycles. The molecular formula is C36H56F17NO8P+. The number of phosphoric ester groups is 1. The molecule has 0 aliphatic heterocycles. The predicted molar refractivity (Wildman–Crippen MR) is 190 cm³/mol. The summed E-state index contributed by atoms with van der Waals surface area (Å²) in [6.07, 6.45) is -5.16. The maximum atomic E-state index is 14.2. The van der Waals surface area contributed by atoms with Crippen molar-refractivity contribution in [2.45, 2.75) is 170 Å². The van der Waals surface area contributed by atoms with Gasteiger partial charge in [0.15, 0.2) is 6.10 Å². The number of phosphoric acid groups is 1. The molecule has 0 saturated carbocycles. The lowest BCUT2D eigenvalue weighted by Gasteiger charge is -2.42. The van der Waals surface area contributed by atoms with Crippen LogP contribution in [0.25, 0.3) is 0 Å². The highest BCUT2D eigenvalue weighted by molar-refractivity contribution is 7.47. The molecule has 0 fully saturated rings. The summed E-state index contributed by atoms with van der Waals surface area (Å²) in [4.78, 5) is 34.8. The van der Waals surface area contributed by atoms with Crippen LogP contribution >= 0.6 is 7.82 Å². The molecule has 63 heavy (non-hydrogen) atoms. The SMILES string of the molecule is CCCCCCCCCCCCCC(=O)O[C@H](COC(=O)CCCCCC(F)(F)C(F)(F)C(F)(F)C(F)(F)C(F)(F)C(F)(F)C(F)(F)C(F)(F)F)COP(=O)(O)OCC[N+](C)(C)C. The molecule has 0 saturated heterocycles. The summed E-state index contributed by atoms with van der Waals surface area (Å²) in [5.41, 5.74) is 0. The van der Waals surface area contributed by atoms with E-state index in [0.29, 0.717) is 17.3 Å². The molecule has 0 radical (unpaired) electrons. The third-order valence-corrected chi connectivity index (χ3v) is 10.3. The van der Waals surface area contributed by atoms with Crippen LogP contribution in [0.5, 0.6) is 0 Å². The van der Waals surface area contributed by atoms with Crippen molar-refractivity contribution in [2.24, 2.45) is 0 Å². The van der Waals surface area contributed by atoms with E-state index in [4.69, 9.17) is 18.5 Å². The second-order valence-corrected chi connectivity index (χ2v) is 17.4. The quantitative estimate of drug-likeness (QED) is 0.0223. The maximum Gasteiger partial charge on any atom is 0.472 e. The van der Waals surface area contributed by atoms with Gasteiger partial charge in [0.05, 0.1) is 27.7 Å². The molecule has 9 nitrogen and oxygen atoms in total. The molecule has 0 aliphatic carbocycles. The number of unbranched alkanes of at least 4 members (excludes halogenated alkanes) is 12. The molecule has 0 aromatic rings. The molecular weight excluding hydrogens is 928 g/mol. The van der Waals surface area contributed by atoms with Crippen molar-refractivity contribution in [2.75, 3.05) is 47.5 Å². The first-order chi connectivity index (χ1) is 28.4. The highest BCUT2D eigenvalue weighted by atomic mass is 31.2. The van der Waals surface area contributed by atoms with Crippen LogP contribution in [0.15, 0.2) is 0 Å². The number of quaternary nitrogens is 1. The van der Waals surface area contributed by atoms with Gasteiger partial charge in [0, 0.05) is 19.3 Å². The number of rotatable bonds is 34. The van der Waals surface area contributed by atoms with E-state index in [9.17, 15) is 93.7 Å². The summed E-state index contributed by atoms with van der Waals surface area (Å²) in [5.74, 6) is -59.0. The van der Waals surface area contributed by atoms with Crippen molar-refractivity contribution in [1.29, 1.82) is 0 Å². The van der Waals surface area contributed by atoms with E-state index in [1.54, 1.807) is 21.1 Å². The van der Waals surface area contributed by atoms with Gasteiger partial charge in [-0.25, -0.2) is 4.57 Å². The Labute approximate surface area is 353 Å². The lowest BCUT2D eigenvalue weighted by atomic mass is 9.88. The van der Waals surface area contributed by atoms with Crippen LogP contribution in [0, 0.1) is 0 Å². The lowest BCUT2D eigenvalue weighted by molar-refractivity contribution is -0.870. The monoisotopic (exact) mass is 984 g/mol. The number of hydrogen-bond donors (Lipinski definition) is 1. The largest absolute Gasteiger partial charge is 0.472 e. The van der Waals surface area contributed by atoms with Crippen LogP contribution in [0.3, 0.4) is 0 Å². The minimum atomic E-state index is -8.71. The van der Waals surface area contributed by atoms with Crippen LogP contribution in [0.4, 0.5) is 74.6 Å². The number of halogens is 17. The molecule has 0 amide bonds. The Balaban J connectivity index is 5.42. The molecule has 0 heterocycles. The van der Waals surface area contributed by atoms with Crippen LogP contribution < -0.4 is 0 Å². The van der Waals surface area contributed by atoms with Gasteiger partial charge < -0.3 is 18.9 Å². The second-order valence-electron chi connectivity index (χ2n) is 15.9. The van der Waals surface area contributed by atoms with E-state index in [0.717, 1.165) is 44.9 Å². The topological polar surface area (TPSA) is 108 Å². The minimum absolute atomic E-state index is 0.117. The zero-order valence-corrected chi connectivity index (χ0v) is 35.9. The van der Waals surface area contributed by atoms with E-state index >= 15 is 0 Å². The summed E-state index contributed by atoms with van der Waals surface area (Å²) in [6, 6.07) is 0. The van der Waals surface area contributed by atoms with Gasteiger partial charge in [-0.2, -0.15) is 74.6 Å². The Bertz CT molecular complexity index is 1430. The zero-order chi connectivity index (χ0) is 49.4. The number of esters is 2. The van der Waals surface area contributed by atoms with E-state index in [1.165, 1.54) is 12.8 Å². The van der Waals surface area contributed by atoms with E-state index in [1.807, 2.05) is 0 Å². The fraction of sp³-hybridized carbons (Fsp3) is 0.944. The van der Waals surface area contributed by atoms with Crippen molar-refractivity contribution in [3.8, 4) is 0 Å². The third kappa shape index (κ3) is 17.9.